The standard InChI is InChI=1S/C16H22N2O2/c1-10-5-3-4-6-13(10)17-12-7-8-15-14(9-12)18-16(19)11(2)20-15/h7-11,13,17H,3-6H2,1-2H3,(H,18,19). The molecular weight excluding hydrogens is 252 g/mol. The molecule has 3 rings (SSSR count). The second-order valence-corrected chi connectivity index (χ2v) is 5.97. The minimum absolute atomic E-state index is 0.0827. The highest BCUT2D eigenvalue weighted by Crippen LogP contribution is 2.34. The van der Waals surface area contributed by atoms with Crippen LogP contribution in [0.3, 0.4) is 0 Å². The van der Waals surface area contributed by atoms with Gasteiger partial charge in [0.1, 0.15) is 5.75 Å². The van der Waals surface area contributed by atoms with Crippen molar-refractivity contribution in [2.24, 2.45) is 5.92 Å². The van der Waals surface area contributed by atoms with Crippen molar-refractivity contribution in [1.82, 2.24) is 0 Å². The molecule has 0 saturated heterocycles. The number of rotatable bonds is 2. The molecule has 4 heteroatoms. The number of amides is 1. The van der Waals surface area contributed by atoms with Crippen LogP contribution in [-0.4, -0.2) is 18.1 Å². The van der Waals surface area contributed by atoms with E-state index in [1.54, 1.807) is 6.92 Å². The number of hydrogen-bond donors (Lipinski definition) is 2. The number of carbonyl (C=O) groups excluding carboxylic acids is 1. The van der Waals surface area contributed by atoms with Crippen LogP contribution in [-0.2, 0) is 4.79 Å². The van der Waals surface area contributed by atoms with Gasteiger partial charge in [-0.05, 0) is 43.9 Å². The highest BCUT2D eigenvalue weighted by molar-refractivity contribution is 5.98. The van der Waals surface area contributed by atoms with Gasteiger partial charge in [0.15, 0.2) is 6.10 Å². The summed E-state index contributed by atoms with van der Waals surface area (Å²) in [7, 11) is 0. The molecule has 20 heavy (non-hydrogen) atoms. The lowest BCUT2D eigenvalue weighted by Gasteiger charge is -2.31. The van der Waals surface area contributed by atoms with Gasteiger partial charge in [0, 0.05) is 11.7 Å². The van der Waals surface area contributed by atoms with Gasteiger partial charge in [-0.1, -0.05) is 19.8 Å². The van der Waals surface area contributed by atoms with Gasteiger partial charge < -0.3 is 15.4 Å². The Balaban J connectivity index is 1.75. The van der Waals surface area contributed by atoms with Crippen molar-refractivity contribution in [2.45, 2.75) is 51.7 Å². The highest BCUT2D eigenvalue weighted by Gasteiger charge is 2.25. The van der Waals surface area contributed by atoms with E-state index < -0.39 is 6.10 Å². The van der Waals surface area contributed by atoms with Crippen LogP contribution >= 0.6 is 0 Å². The minimum Gasteiger partial charge on any atom is -0.479 e. The third kappa shape index (κ3) is 2.60. The van der Waals surface area contributed by atoms with Gasteiger partial charge in [-0.3, -0.25) is 4.79 Å². The number of nitrogens with one attached hydrogen (secondary N) is 2. The molecule has 0 bridgehead atoms. The minimum atomic E-state index is -0.417. The Kier molecular flexibility index (Phi) is 3.55. The molecule has 4 nitrogen and oxygen atoms in total. The molecule has 1 amide bonds. The second kappa shape index (κ2) is 5.35. The first kappa shape index (κ1) is 13.3. The van der Waals surface area contributed by atoms with Crippen molar-refractivity contribution >= 4 is 17.3 Å². The summed E-state index contributed by atoms with van der Waals surface area (Å²) < 4.78 is 5.57. The van der Waals surface area contributed by atoms with Crippen LogP contribution in [0.25, 0.3) is 0 Å². The maximum absolute atomic E-state index is 11.7. The molecule has 1 aromatic carbocycles. The fourth-order valence-electron chi connectivity index (χ4n) is 3.04. The van der Waals surface area contributed by atoms with Crippen LogP contribution in [0.5, 0.6) is 5.75 Å². The van der Waals surface area contributed by atoms with Gasteiger partial charge in [0.2, 0.25) is 0 Å². The van der Waals surface area contributed by atoms with Crippen molar-refractivity contribution in [3.63, 3.8) is 0 Å². The Morgan fingerprint density at radius 2 is 2.05 bits per heavy atom. The van der Waals surface area contributed by atoms with Gasteiger partial charge in [-0.25, -0.2) is 0 Å². The van der Waals surface area contributed by atoms with Crippen LogP contribution in [0, 0.1) is 5.92 Å². The largest absolute Gasteiger partial charge is 0.479 e. The first-order chi connectivity index (χ1) is 9.63. The van der Waals surface area contributed by atoms with Crippen molar-refractivity contribution in [2.75, 3.05) is 10.6 Å². The monoisotopic (exact) mass is 274 g/mol. The summed E-state index contributed by atoms with van der Waals surface area (Å²) in [6.07, 6.45) is 4.73. The summed E-state index contributed by atoms with van der Waals surface area (Å²) in [6, 6.07) is 6.47. The van der Waals surface area contributed by atoms with E-state index in [0.29, 0.717) is 12.0 Å². The van der Waals surface area contributed by atoms with Crippen LogP contribution in [0.4, 0.5) is 11.4 Å². The Morgan fingerprint density at radius 3 is 2.85 bits per heavy atom. The number of fused-ring (bicyclic) bond motifs is 1. The Hall–Kier alpha value is -1.71. The predicted octanol–water partition coefficient (Wildman–Crippen LogP) is 3.40. The van der Waals surface area contributed by atoms with Crippen molar-refractivity contribution in [3.8, 4) is 5.75 Å². The Bertz CT molecular complexity index is 515. The molecule has 0 spiro atoms. The van der Waals surface area contributed by atoms with Crippen LogP contribution in [0.15, 0.2) is 18.2 Å². The number of hydrogen-bond acceptors (Lipinski definition) is 3. The average Bonchev–Trinajstić information content (AvgIpc) is 2.43. The molecule has 1 aliphatic heterocycles. The van der Waals surface area contributed by atoms with E-state index in [1.807, 2.05) is 18.2 Å². The predicted molar refractivity (Wildman–Crippen MR) is 80.2 cm³/mol. The second-order valence-electron chi connectivity index (χ2n) is 5.97. The van der Waals surface area contributed by atoms with Crippen LogP contribution in [0.2, 0.25) is 0 Å². The molecule has 1 fully saturated rings. The van der Waals surface area contributed by atoms with Crippen molar-refractivity contribution in [1.29, 1.82) is 0 Å². The maximum Gasteiger partial charge on any atom is 0.265 e. The smallest absolute Gasteiger partial charge is 0.265 e. The lowest BCUT2D eigenvalue weighted by atomic mass is 9.86. The molecule has 1 aromatic rings. The zero-order chi connectivity index (χ0) is 14.1. The quantitative estimate of drug-likeness (QED) is 0.869. The fraction of sp³-hybridized carbons (Fsp3) is 0.562. The van der Waals surface area contributed by atoms with Gasteiger partial charge in [-0.15, -0.1) is 0 Å². The molecule has 1 saturated carbocycles. The topological polar surface area (TPSA) is 50.4 Å². The molecule has 0 aromatic heterocycles. The first-order valence-corrected chi connectivity index (χ1v) is 7.51. The molecule has 3 atom stereocenters. The van der Waals surface area contributed by atoms with Crippen molar-refractivity contribution in [3.05, 3.63) is 18.2 Å². The van der Waals surface area contributed by atoms with E-state index in [4.69, 9.17) is 4.74 Å². The molecule has 108 valence electrons. The molecule has 3 unspecified atom stereocenters. The third-order valence-corrected chi connectivity index (χ3v) is 4.37. The van der Waals surface area contributed by atoms with E-state index in [9.17, 15) is 4.79 Å². The molecule has 2 aliphatic rings. The summed E-state index contributed by atoms with van der Waals surface area (Å²) in [5, 5.41) is 6.49. The van der Waals surface area contributed by atoms with Gasteiger partial charge in [0.25, 0.3) is 5.91 Å². The summed E-state index contributed by atoms with van der Waals surface area (Å²) in [5.74, 6) is 1.37. The summed E-state index contributed by atoms with van der Waals surface area (Å²) in [4.78, 5) is 11.7. The Morgan fingerprint density at radius 1 is 1.25 bits per heavy atom. The van der Waals surface area contributed by atoms with E-state index >= 15 is 0 Å². The summed E-state index contributed by atoms with van der Waals surface area (Å²) in [6.45, 7) is 4.07. The van der Waals surface area contributed by atoms with Crippen molar-refractivity contribution < 1.29 is 9.53 Å². The zero-order valence-corrected chi connectivity index (χ0v) is 12.1. The Labute approximate surface area is 119 Å². The normalized spacial score (nSPS) is 29.1. The lowest BCUT2D eigenvalue weighted by molar-refractivity contribution is -0.122. The lowest BCUT2D eigenvalue weighted by Crippen LogP contribution is -2.34. The SMILES string of the molecule is CC1Oc2ccc(NC3CCCCC3C)cc2NC1=O. The third-order valence-electron chi connectivity index (χ3n) is 4.37. The van der Waals surface area contributed by atoms with E-state index in [2.05, 4.69) is 17.6 Å². The van der Waals surface area contributed by atoms with E-state index in [-0.39, 0.29) is 5.91 Å². The van der Waals surface area contributed by atoms with Gasteiger partial charge >= 0.3 is 0 Å². The molecular formula is C16H22N2O2. The molecule has 0 radical (unpaired) electrons. The number of carbonyl (C=O) groups is 1. The van der Waals surface area contributed by atoms with E-state index in [1.165, 1.54) is 25.7 Å². The summed E-state index contributed by atoms with van der Waals surface area (Å²) >= 11 is 0. The summed E-state index contributed by atoms with van der Waals surface area (Å²) in [5.41, 5.74) is 1.82. The van der Waals surface area contributed by atoms with E-state index in [0.717, 1.165) is 17.1 Å². The number of benzene rings is 1. The first-order valence-electron chi connectivity index (χ1n) is 7.51. The maximum atomic E-state index is 11.7. The average molecular weight is 274 g/mol. The molecule has 2 N–H and O–H groups in total. The van der Waals surface area contributed by atoms with Gasteiger partial charge in [0.05, 0.1) is 5.69 Å². The van der Waals surface area contributed by atoms with Crippen LogP contribution in [0.1, 0.15) is 39.5 Å². The zero-order valence-electron chi connectivity index (χ0n) is 12.1. The van der Waals surface area contributed by atoms with Gasteiger partial charge in [-0.2, -0.15) is 0 Å². The highest BCUT2D eigenvalue weighted by atomic mass is 16.5. The van der Waals surface area contributed by atoms with Crippen LogP contribution < -0.4 is 15.4 Å². The fourth-order valence-corrected chi connectivity index (χ4v) is 3.04. The molecule has 1 heterocycles. The number of ether oxygens (including phenoxy) is 1. The number of anilines is 2. The molecule has 1 aliphatic carbocycles.